The van der Waals surface area contributed by atoms with Gasteiger partial charge in [0.05, 0.1) is 0 Å². The van der Waals surface area contributed by atoms with E-state index in [0.717, 1.165) is 16.8 Å². The zero-order valence-electron chi connectivity index (χ0n) is 14.3. The normalized spacial score (nSPS) is 12.2. The van der Waals surface area contributed by atoms with E-state index in [1.807, 2.05) is 24.3 Å². The second-order valence-corrected chi connectivity index (χ2v) is 6.45. The lowest BCUT2D eigenvalue weighted by Gasteiger charge is -2.22. The Balaban J connectivity index is 1.91. The Bertz CT molecular complexity index is 668. The first-order valence-electron chi connectivity index (χ1n) is 8.33. The van der Waals surface area contributed by atoms with Crippen LogP contribution in [0.1, 0.15) is 31.4 Å². The lowest BCUT2D eigenvalue weighted by molar-refractivity contribution is -0.122. The molecule has 1 unspecified atom stereocenters. The molecule has 0 radical (unpaired) electrons. The van der Waals surface area contributed by atoms with E-state index in [1.165, 1.54) is 12.1 Å². The highest BCUT2D eigenvalue weighted by atomic mass is 19.1. The maximum Gasteiger partial charge on any atom is 0.220 e. The first-order valence-corrected chi connectivity index (χ1v) is 8.33. The minimum Gasteiger partial charge on any atom is -0.399 e. The number of nitrogen functional groups attached to an aromatic ring is 1. The molecule has 4 heteroatoms. The molecule has 1 atom stereocenters. The van der Waals surface area contributed by atoms with Crippen molar-refractivity contribution in [2.24, 2.45) is 5.92 Å². The minimum absolute atomic E-state index is 0.0130. The van der Waals surface area contributed by atoms with Gasteiger partial charge in [0.15, 0.2) is 0 Å². The number of amides is 1. The molecule has 0 fully saturated rings. The average molecular weight is 328 g/mol. The van der Waals surface area contributed by atoms with E-state index in [0.29, 0.717) is 25.2 Å². The molecule has 0 spiro atoms. The van der Waals surface area contributed by atoms with E-state index < -0.39 is 0 Å². The monoisotopic (exact) mass is 328 g/mol. The summed E-state index contributed by atoms with van der Waals surface area (Å²) < 4.78 is 13.0. The van der Waals surface area contributed by atoms with Gasteiger partial charge in [-0.15, -0.1) is 0 Å². The summed E-state index contributed by atoms with van der Waals surface area (Å²) in [5.41, 5.74) is 8.64. The summed E-state index contributed by atoms with van der Waals surface area (Å²) in [5.74, 6) is 0.0594. The highest BCUT2D eigenvalue weighted by molar-refractivity contribution is 5.76. The van der Waals surface area contributed by atoms with Crippen LogP contribution < -0.4 is 11.1 Å². The molecule has 0 aliphatic rings. The maximum absolute atomic E-state index is 13.0. The molecular weight excluding hydrogens is 303 g/mol. The van der Waals surface area contributed by atoms with Crippen LogP contribution in [-0.4, -0.2) is 11.9 Å². The highest BCUT2D eigenvalue weighted by Gasteiger charge is 2.17. The second kappa shape index (κ2) is 8.48. The quantitative estimate of drug-likeness (QED) is 0.761. The summed E-state index contributed by atoms with van der Waals surface area (Å²) in [6, 6.07) is 14.1. The number of nitrogens with two attached hydrogens (primary N) is 1. The topological polar surface area (TPSA) is 55.1 Å². The summed E-state index contributed by atoms with van der Waals surface area (Å²) in [7, 11) is 0. The van der Waals surface area contributed by atoms with Gasteiger partial charge in [-0.3, -0.25) is 4.79 Å². The Morgan fingerprint density at radius 3 is 2.42 bits per heavy atom. The van der Waals surface area contributed by atoms with Crippen molar-refractivity contribution < 1.29 is 9.18 Å². The van der Waals surface area contributed by atoms with Gasteiger partial charge in [-0.1, -0.05) is 44.2 Å². The molecule has 0 aromatic heterocycles. The van der Waals surface area contributed by atoms with Crippen LogP contribution in [0.15, 0.2) is 48.5 Å². The Morgan fingerprint density at radius 2 is 1.79 bits per heavy atom. The molecule has 24 heavy (non-hydrogen) atoms. The van der Waals surface area contributed by atoms with E-state index in [4.69, 9.17) is 5.73 Å². The van der Waals surface area contributed by atoms with Gasteiger partial charge in [0, 0.05) is 18.2 Å². The average Bonchev–Trinajstić information content (AvgIpc) is 2.55. The molecule has 1 amide bonds. The van der Waals surface area contributed by atoms with E-state index in [-0.39, 0.29) is 17.8 Å². The number of para-hydroxylation sites is 1. The van der Waals surface area contributed by atoms with Gasteiger partial charge in [0.1, 0.15) is 5.82 Å². The van der Waals surface area contributed by atoms with Gasteiger partial charge in [-0.05, 0) is 48.1 Å². The van der Waals surface area contributed by atoms with Crippen molar-refractivity contribution in [2.75, 3.05) is 5.73 Å². The number of hydrogen-bond donors (Lipinski definition) is 2. The van der Waals surface area contributed by atoms with E-state index in [9.17, 15) is 9.18 Å². The van der Waals surface area contributed by atoms with E-state index in [2.05, 4.69) is 19.2 Å². The van der Waals surface area contributed by atoms with Gasteiger partial charge in [0.25, 0.3) is 0 Å². The molecule has 3 N–H and O–H groups in total. The number of aryl methyl sites for hydroxylation is 1. The molecular formula is C20H25FN2O. The molecule has 128 valence electrons. The Kier molecular flexibility index (Phi) is 6.36. The van der Waals surface area contributed by atoms with Gasteiger partial charge in [0.2, 0.25) is 5.91 Å². The van der Waals surface area contributed by atoms with E-state index in [1.54, 1.807) is 12.1 Å². The van der Waals surface area contributed by atoms with Crippen molar-refractivity contribution in [2.45, 2.75) is 39.2 Å². The Morgan fingerprint density at radius 1 is 1.12 bits per heavy atom. The maximum atomic E-state index is 13.0. The Labute approximate surface area is 143 Å². The van der Waals surface area contributed by atoms with Crippen molar-refractivity contribution >= 4 is 11.6 Å². The predicted octanol–water partition coefficient (Wildman–Crippen LogP) is 3.72. The number of hydrogen-bond acceptors (Lipinski definition) is 2. The second-order valence-electron chi connectivity index (χ2n) is 6.45. The van der Waals surface area contributed by atoms with Crippen molar-refractivity contribution in [1.29, 1.82) is 0 Å². The van der Waals surface area contributed by atoms with Crippen LogP contribution in [0.5, 0.6) is 0 Å². The summed E-state index contributed by atoms with van der Waals surface area (Å²) in [4.78, 5) is 12.3. The third-order valence-electron chi connectivity index (χ3n) is 4.20. The SMILES string of the molecule is CC(C)C(Cc1ccc(F)cc1)NC(=O)CCc1ccccc1N. The zero-order valence-corrected chi connectivity index (χ0v) is 14.3. The summed E-state index contributed by atoms with van der Waals surface area (Å²) in [6.45, 7) is 4.15. The van der Waals surface area contributed by atoms with Crippen LogP contribution >= 0.6 is 0 Å². The molecule has 0 saturated heterocycles. The first-order chi connectivity index (χ1) is 11.5. The van der Waals surface area contributed by atoms with Crippen molar-refractivity contribution in [1.82, 2.24) is 5.32 Å². The smallest absolute Gasteiger partial charge is 0.220 e. The summed E-state index contributed by atoms with van der Waals surface area (Å²) in [5, 5.41) is 3.10. The zero-order chi connectivity index (χ0) is 17.5. The third-order valence-corrected chi connectivity index (χ3v) is 4.20. The molecule has 2 aromatic rings. The number of carbonyl (C=O) groups excluding carboxylic acids is 1. The third kappa shape index (κ3) is 5.37. The number of benzene rings is 2. The lowest BCUT2D eigenvalue weighted by Crippen LogP contribution is -2.40. The number of halogens is 1. The van der Waals surface area contributed by atoms with Crippen LogP contribution in [0.25, 0.3) is 0 Å². The van der Waals surface area contributed by atoms with Crippen molar-refractivity contribution in [3.8, 4) is 0 Å². The molecule has 3 nitrogen and oxygen atoms in total. The molecule has 0 aliphatic heterocycles. The fourth-order valence-corrected chi connectivity index (χ4v) is 2.62. The lowest BCUT2D eigenvalue weighted by atomic mass is 9.96. The first kappa shape index (κ1) is 18.0. The molecule has 2 rings (SSSR count). The molecule has 0 saturated carbocycles. The van der Waals surface area contributed by atoms with Gasteiger partial charge in [-0.25, -0.2) is 4.39 Å². The van der Waals surface area contributed by atoms with Crippen LogP contribution in [-0.2, 0) is 17.6 Å². The number of nitrogens with one attached hydrogen (secondary N) is 1. The van der Waals surface area contributed by atoms with Crippen LogP contribution in [0.3, 0.4) is 0 Å². The predicted molar refractivity (Wildman–Crippen MR) is 96.0 cm³/mol. The minimum atomic E-state index is -0.246. The van der Waals surface area contributed by atoms with Crippen LogP contribution in [0, 0.1) is 11.7 Å². The summed E-state index contributed by atoms with van der Waals surface area (Å²) in [6.07, 6.45) is 1.72. The number of rotatable bonds is 7. The van der Waals surface area contributed by atoms with Gasteiger partial charge in [-0.2, -0.15) is 0 Å². The number of carbonyl (C=O) groups is 1. The summed E-state index contributed by atoms with van der Waals surface area (Å²) >= 11 is 0. The highest BCUT2D eigenvalue weighted by Crippen LogP contribution is 2.14. The van der Waals surface area contributed by atoms with Gasteiger partial charge < -0.3 is 11.1 Å². The molecule has 0 bridgehead atoms. The standard InChI is InChI=1S/C20H25FN2O/c1-14(2)19(13-15-7-10-17(21)11-8-15)23-20(24)12-9-16-5-3-4-6-18(16)22/h3-8,10-11,14,19H,9,12-13,22H2,1-2H3,(H,23,24). The fourth-order valence-electron chi connectivity index (χ4n) is 2.62. The van der Waals surface area contributed by atoms with E-state index >= 15 is 0 Å². The van der Waals surface area contributed by atoms with Crippen molar-refractivity contribution in [3.63, 3.8) is 0 Å². The Hall–Kier alpha value is -2.36. The largest absolute Gasteiger partial charge is 0.399 e. The fraction of sp³-hybridized carbons (Fsp3) is 0.350. The van der Waals surface area contributed by atoms with Crippen LogP contribution in [0.4, 0.5) is 10.1 Å². The number of anilines is 1. The van der Waals surface area contributed by atoms with Crippen molar-refractivity contribution in [3.05, 3.63) is 65.5 Å². The molecule has 0 heterocycles. The van der Waals surface area contributed by atoms with Crippen LogP contribution in [0.2, 0.25) is 0 Å². The molecule has 0 aliphatic carbocycles. The molecule has 2 aromatic carbocycles. The van der Waals surface area contributed by atoms with Gasteiger partial charge >= 0.3 is 0 Å².